The van der Waals surface area contributed by atoms with Crippen molar-refractivity contribution in [2.24, 2.45) is 4.99 Å². The molecule has 0 saturated heterocycles. The summed E-state index contributed by atoms with van der Waals surface area (Å²) in [6.07, 6.45) is 4.11. The van der Waals surface area contributed by atoms with Crippen molar-refractivity contribution in [3.63, 3.8) is 0 Å². The highest BCUT2D eigenvalue weighted by Gasteiger charge is 2.05. The van der Waals surface area contributed by atoms with Gasteiger partial charge in [-0.2, -0.15) is 0 Å². The van der Waals surface area contributed by atoms with E-state index in [1.54, 1.807) is 11.3 Å². The summed E-state index contributed by atoms with van der Waals surface area (Å²) in [5.41, 5.74) is 3.87. The van der Waals surface area contributed by atoms with Gasteiger partial charge in [-0.3, -0.25) is 4.99 Å². The molecule has 2 heterocycles. The number of hydrogen-bond donors (Lipinski definition) is 3. The third-order valence-corrected chi connectivity index (χ3v) is 5.10. The monoisotopic (exact) mass is 468 g/mol. The average Bonchev–Trinajstić information content (AvgIpc) is 3.24. The normalized spacial score (nSPS) is 11.4. The number of aryl methyl sites for hydroxylation is 1. The minimum absolute atomic E-state index is 0. The van der Waals surface area contributed by atoms with E-state index in [-0.39, 0.29) is 24.0 Å². The van der Waals surface area contributed by atoms with Gasteiger partial charge in [-0.25, -0.2) is 0 Å². The number of halogens is 1. The van der Waals surface area contributed by atoms with E-state index < -0.39 is 0 Å². The number of H-pyrrole nitrogens is 1. The van der Waals surface area contributed by atoms with Crippen LogP contribution in [0.25, 0.3) is 10.9 Å². The molecule has 6 heteroatoms. The molecule has 0 bridgehead atoms. The van der Waals surface area contributed by atoms with Crippen molar-refractivity contribution in [3.05, 3.63) is 57.9 Å². The molecule has 0 unspecified atom stereocenters. The smallest absolute Gasteiger partial charge is 0.190 e. The Morgan fingerprint density at radius 2 is 1.92 bits per heavy atom. The molecule has 0 saturated carbocycles. The summed E-state index contributed by atoms with van der Waals surface area (Å²) in [4.78, 5) is 9.07. The van der Waals surface area contributed by atoms with Crippen LogP contribution in [0.1, 0.15) is 16.0 Å². The van der Waals surface area contributed by atoms with Crippen molar-refractivity contribution in [2.75, 3.05) is 20.1 Å². The molecule has 3 rings (SSSR count). The molecule has 3 N–H and O–H groups in total. The molecule has 1 aromatic carbocycles. The van der Waals surface area contributed by atoms with Gasteiger partial charge in [-0.1, -0.05) is 24.3 Å². The molecular formula is C19H25IN4S. The number of aromatic amines is 1. The lowest BCUT2D eigenvalue weighted by Crippen LogP contribution is -2.39. The van der Waals surface area contributed by atoms with E-state index in [0.29, 0.717) is 0 Å². The van der Waals surface area contributed by atoms with Crippen molar-refractivity contribution >= 4 is 52.2 Å². The number of guanidine groups is 1. The number of hydrogen-bond acceptors (Lipinski definition) is 2. The minimum Gasteiger partial charge on any atom is -0.361 e. The van der Waals surface area contributed by atoms with E-state index >= 15 is 0 Å². The molecule has 0 spiro atoms. The first-order valence-electron chi connectivity index (χ1n) is 8.30. The Hall–Kier alpha value is -1.54. The summed E-state index contributed by atoms with van der Waals surface area (Å²) in [5.74, 6) is 0.863. The standard InChI is InChI=1S/C19H24N4S.HI/c1-14-5-3-7-17-15(13-23-18(14)17)8-10-21-19(20-2)22-11-9-16-6-4-12-24-16;/h3-7,12-13,23H,8-11H2,1-2H3,(H2,20,21,22);1H. The molecule has 2 aromatic heterocycles. The van der Waals surface area contributed by atoms with Crippen LogP contribution in [0.2, 0.25) is 0 Å². The van der Waals surface area contributed by atoms with Gasteiger partial charge in [0.1, 0.15) is 0 Å². The number of aliphatic imine (C=N–C) groups is 1. The largest absolute Gasteiger partial charge is 0.361 e. The third-order valence-electron chi connectivity index (χ3n) is 4.16. The van der Waals surface area contributed by atoms with Crippen molar-refractivity contribution in [1.29, 1.82) is 0 Å². The lowest BCUT2D eigenvalue weighted by Gasteiger charge is -2.11. The zero-order valence-electron chi connectivity index (χ0n) is 14.6. The fourth-order valence-electron chi connectivity index (χ4n) is 2.87. The average molecular weight is 468 g/mol. The van der Waals surface area contributed by atoms with Gasteiger partial charge >= 0.3 is 0 Å². The van der Waals surface area contributed by atoms with Gasteiger partial charge in [-0.15, -0.1) is 35.3 Å². The summed E-state index contributed by atoms with van der Waals surface area (Å²) in [7, 11) is 1.82. The topological polar surface area (TPSA) is 52.2 Å². The van der Waals surface area contributed by atoms with Crippen LogP contribution in [-0.4, -0.2) is 31.1 Å². The summed E-state index contributed by atoms with van der Waals surface area (Å²) in [6, 6.07) is 10.7. The quantitative estimate of drug-likeness (QED) is 0.290. The van der Waals surface area contributed by atoms with E-state index in [4.69, 9.17) is 0 Å². The van der Waals surface area contributed by atoms with Crippen molar-refractivity contribution in [3.8, 4) is 0 Å². The molecule has 0 radical (unpaired) electrons. The number of nitrogens with zero attached hydrogens (tertiary/aromatic N) is 1. The fourth-order valence-corrected chi connectivity index (χ4v) is 3.57. The molecular weight excluding hydrogens is 443 g/mol. The Morgan fingerprint density at radius 1 is 1.12 bits per heavy atom. The van der Waals surface area contributed by atoms with Gasteiger partial charge in [0.05, 0.1) is 0 Å². The van der Waals surface area contributed by atoms with Gasteiger partial charge < -0.3 is 15.6 Å². The van der Waals surface area contributed by atoms with Crippen molar-refractivity contribution < 1.29 is 0 Å². The van der Waals surface area contributed by atoms with Crippen LogP contribution in [0.4, 0.5) is 0 Å². The van der Waals surface area contributed by atoms with E-state index in [0.717, 1.165) is 31.9 Å². The lowest BCUT2D eigenvalue weighted by atomic mass is 10.1. The summed E-state index contributed by atoms with van der Waals surface area (Å²) < 4.78 is 0. The second-order valence-corrected chi connectivity index (χ2v) is 6.85. The number of para-hydroxylation sites is 1. The number of benzene rings is 1. The molecule has 3 aromatic rings. The zero-order valence-corrected chi connectivity index (χ0v) is 17.8. The molecule has 4 nitrogen and oxygen atoms in total. The Morgan fingerprint density at radius 3 is 2.64 bits per heavy atom. The van der Waals surface area contributed by atoms with Gasteiger partial charge in [0.25, 0.3) is 0 Å². The highest BCUT2D eigenvalue weighted by atomic mass is 127. The fraction of sp³-hybridized carbons (Fsp3) is 0.316. The maximum atomic E-state index is 4.29. The number of fused-ring (bicyclic) bond motifs is 1. The predicted molar refractivity (Wildman–Crippen MR) is 120 cm³/mol. The van der Waals surface area contributed by atoms with Crippen LogP contribution in [0.5, 0.6) is 0 Å². The Labute approximate surface area is 170 Å². The summed E-state index contributed by atoms with van der Waals surface area (Å²) in [5, 5.41) is 10.2. The zero-order chi connectivity index (χ0) is 16.8. The predicted octanol–water partition coefficient (Wildman–Crippen LogP) is 4.11. The highest BCUT2D eigenvalue weighted by Crippen LogP contribution is 2.21. The SMILES string of the molecule is CN=C(NCCc1cccs1)NCCc1c[nH]c2c(C)cccc12.I. The summed E-state index contributed by atoms with van der Waals surface area (Å²) in [6.45, 7) is 3.90. The highest BCUT2D eigenvalue weighted by molar-refractivity contribution is 14.0. The Bertz CT molecular complexity index is 808. The molecule has 0 aliphatic carbocycles. The first-order chi connectivity index (χ1) is 11.8. The van der Waals surface area contributed by atoms with Crippen LogP contribution >= 0.6 is 35.3 Å². The van der Waals surface area contributed by atoms with Crippen LogP contribution in [-0.2, 0) is 12.8 Å². The van der Waals surface area contributed by atoms with Crippen LogP contribution in [0, 0.1) is 6.92 Å². The second-order valence-electron chi connectivity index (χ2n) is 5.82. The number of rotatable bonds is 6. The van der Waals surface area contributed by atoms with E-state index in [1.807, 2.05) is 7.05 Å². The molecule has 0 amide bonds. The maximum Gasteiger partial charge on any atom is 0.190 e. The number of thiophene rings is 1. The molecule has 0 atom stereocenters. The molecule has 0 aliphatic rings. The number of aromatic nitrogens is 1. The Balaban J connectivity index is 0.00000225. The van der Waals surface area contributed by atoms with E-state index in [9.17, 15) is 0 Å². The lowest BCUT2D eigenvalue weighted by molar-refractivity contribution is 0.789. The molecule has 0 fully saturated rings. The first-order valence-corrected chi connectivity index (χ1v) is 9.18. The van der Waals surface area contributed by atoms with Crippen LogP contribution in [0.15, 0.2) is 46.9 Å². The van der Waals surface area contributed by atoms with Gasteiger partial charge in [0, 0.05) is 42.1 Å². The van der Waals surface area contributed by atoms with Gasteiger partial charge in [0.2, 0.25) is 0 Å². The summed E-state index contributed by atoms with van der Waals surface area (Å²) >= 11 is 1.80. The second kappa shape index (κ2) is 9.82. The van der Waals surface area contributed by atoms with Crippen LogP contribution in [0.3, 0.4) is 0 Å². The van der Waals surface area contributed by atoms with Crippen molar-refractivity contribution in [1.82, 2.24) is 15.6 Å². The third kappa shape index (κ3) is 5.22. The molecule has 25 heavy (non-hydrogen) atoms. The van der Waals surface area contributed by atoms with Gasteiger partial charge in [-0.05, 0) is 42.3 Å². The molecule has 0 aliphatic heterocycles. The van der Waals surface area contributed by atoms with E-state index in [2.05, 4.69) is 69.4 Å². The molecule has 134 valence electrons. The minimum atomic E-state index is 0. The van der Waals surface area contributed by atoms with Crippen LogP contribution < -0.4 is 10.6 Å². The first kappa shape index (κ1) is 19.8. The number of nitrogens with one attached hydrogen (secondary N) is 3. The van der Waals surface area contributed by atoms with Gasteiger partial charge in [0.15, 0.2) is 5.96 Å². The Kier molecular flexibility index (Phi) is 7.77. The van der Waals surface area contributed by atoms with E-state index in [1.165, 1.54) is 26.9 Å². The maximum absolute atomic E-state index is 4.29. The van der Waals surface area contributed by atoms with Crippen molar-refractivity contribution in [2.45, 2.75) is 19.8 Å².